The van der Waals surface area contributed by atoms with Crippen molar-refractivity contribution in [2.45, 2.75) is 65.3 Å². The van der Waals surface area contributed by atoms with Crippen molar-refractivity contribution in [3.8, 4) is 0 Å². The van der Waals surface area contributed by atoms with E-state index in [0.29, 0.717) is 11.3 Å². The largest absolute Gasteiger partial charge is 0.474 e. The molecule has 0 aromatic rings. The fraction of sp³-hybridized carbons (Fsp3) is 0.812. The van der Waals surface area contributed by atoms with E-state index in [4.69, 9.17) is 0 Å². The molecule has 0 radical (unpaired) electrons. The highest BCUT2D eigenvalue weighted by atomic mass is 14.9. The molecule has 0 aliphatic heterocycles. The van der Waals surface area contributed by atoms with Crippen molar-refractivity contribution in [3.63, 3.8) is 0 Å². The molecule has 2 aliphatic rings. The van der Waals surface area contributed by atoms with Gasteiger partial charge in [0.05, 0.1) is 5.54 Å². The molecule has 2 aliphatic carbocycles. The molecule has 3 unspecified atom stereocenters. The minimum absolute atomic E-state index is 0.255. The fourth-order valence-electron chi connectivity index (χ4n) is 3.84. The van der Waals surface area contributed by atoms with Crippen molar-refractivity contribution in [1.29, 1.82) is 0 Å². The van der Waals surface area contributed by atoms with Crippen LogP contribution in [0.3, 0.4) is 0 Å². The maximum atomic E-state index is 4.02. The first kappa shape index (κ1) is 13.1. The number of hydrogen-bond donors (Lipinski definition) is 1. The summed E-state index contributed by atoms with van der Waals surface area (Å²) in [5.41, 5.74) is 2.53. The van der Waals surface area contributed by atoms with E-state index in [1.54, 1.807) is 5.57 Å². The van der Waals surface area contributed by atoms with Crippen LogP contribution in [0.5, 0.6) is 0 Å². The van der Waals surface area contributed by atoms with Crippen LogP contribution in [-0.2, 0) is 0 Å². The molecule has 3 atom stereocenters. The highest BCUT2D eigenvalue weighted by Crippen LogP contribution is 2.51. The summed E-state index contributed by atoms with van der Waals surface area (Å²) < 4.78 is 0. The third-order valence-electron chi connectivity index (χ3n) is 5.46. The lowest BCUT2D eigenvalue weighted by Crippen LogP contribution is -2.91. The number of quaternary nitrogens is 1. The molecule has 0 heterocycles. The molecule has 0 amide bonds. The van der Waals surface area contributed by atoms with Crippen LogP contribution < -0.4 is 5.32 Å². The average Bonchev–Trinajstić information content (AvgIpc) is 2.28. The predicted octanol–water partition coefficient (Wildman–Crippen LogP) is 3.28. The number of fused-ring (bicyclic) bond motifs is 1. The van der Waals surface area contributed by atoms with E-state index < -0.39 is 0 Å². The van der Waals surface area contributed by atoms with E-state index in [-0.39, 0.29) is 5.54 Å². The van der Waals surface area contributed by atoms with Gasteiger partial charge in [0.2, 0.25) is 0 Å². The highest BCUT2D eigenvalue weighted by Gasteiger charge is 2.41. The standard InChI is InChI=1S/C16H29N/c1-12-7-6-9-16(4)10-8-13(11-14(12)16)15(2,3)17-5/h11-13H,5-10,17H2,1-4H3. The SMILES string of the molecule is [CH2-][NH2+]C(C)(C)C1C=C2C(C)CCCC2(C)CC1. The summed E-state index contributed by atoms with van der Waals surface area (Å²) in [7, 11) is 4.02. The van der Waals surface area contributed by atoms with Crippen LogP contribution in [-0.4, -0.2) is 5.54 Å². The summed E-state index contributed by atoms with van der Waals surface area (Å²) in [5, 5.41) is 2.14. The summed E-state index contributed by atoms with van der Waals surface area (Å²) in [6.45, 7) is 9.58. The van der Waals surface area contributed by atoms with E-state index in [1.807, 2.05) is 0 Å². The highest BCUT2D eigenvalue weighted by molar-refractivity contribution is 5.23. The molecule has 1 heteroatoms. The van der Waals surface area contributed by atoms with Crippen LogP contribution >= 0.6 is 0 Å². The molecular formula is C16H29N. The molecule has 0 saturated heterocycles. The van der Waals surface area contributed by atoms with Crippen LogP contribution in [0.15, 0.2) is 11.6 Å². The molecule has 0 aromatic carbocycles. The Balaban J connectivity index is 2.28. The molecule has 1 nitrogen and oxygen atoms in total. The summed E-state index contributed by atoms with van der Waals surface area (Å²) in [6.07, 6.45) is 9.56. The first-order chi connectivity index (χ1) is 7.89. The van der Waals surface area contributed by atoms with E-state index in [1.165, 1.54) is 32.1 Å². The zero-order valence-electron chi connectivity index (χ0n) is 12.1. The molecule has 1 fully saturated rings. The van der Waals surface area contributed by atoms with Crippen molar-refractivity contribution >= 4 is 0 Å². The molecule has 17 heavy (non-hydrogen) atoms. The van der Waals surface area contributed by atoms with E-state index in [0.717, 1.165) is 5.92 Å². The lowest BCUT2D eigenvalue weighted by molar-refractivity contribution is -0.675. The van der Waals surface area contributed by atoms with Crippen LogP contribution in [0.2, 0.25) is 0 Å². The number of nitrogens with two attached hydrogens (primary N) is 1. The quantitative estimate of drug-likeness (QED) is 0.559. The van der Waals surface area contributed by atoms with Crippen LogP contribution in [0.1, 0.15) is 59.8 Å². The fourth-order valence-corrected chi connectivity index (χ4v) is 3.84. The van der Waals surface area contributed by atoms with E-state index in [2.05, 4.69) is 46.1 Å². The molecule has 98 valence electrons. The lowest BCUT2D eigenvalue weighted by Gasteiger charge is -2.47. The summed E-state index contributed by atoms with van der Waals surface area (Å²) in [4.78, 5) is 0. The number of hydrogen-bond acceptors (Lipinski definition) is 0. The molecule has 0 spiro atoms. The monoisotopic (exact) mass is 235 g/mol. The summed E-state index contributed by atoms with van der Waals surface area (Å²) in [5.74, 6) is 1.50. The summed E-state index contributed by atoms with van der Waals surface area (Å²) in [6, 6.07) is 0. The Hall–Kier alpha value is -0.300. The third-order valence-corrected chi connectivity index (χ3v) is 5.46. The van der Waals surface area contributed by atoms with Crippen molar-refractivity contribution in [3.05, 3.63) is 18.7 Å². The summed E-state index contributed by atoms with van der Waals surface area (Å²) >= 11 is 0. The third kappa shape index (κ3) is 2.31. The Kier molecular flexibility index (Phi) is 3.42. The predicted molar refractivity (Wildman–Crippen MR) is 73.3 cm³/mol. The second-order valence-electron chi connectivity index (χ2n) is 7.15. The first-order valence-electron chi connectivity index (χ1n) is 7.25. The van der Waals surface area contributed by atoms with E-state index in [9.17, 15) is 0 Å². The number of allylic oxidation sites excluding steroid dienone is 1. The average molecular weight is 235 g/mol. The number of rotatable bonds is 2. The Morgan fingerprint density at radius 3 is 2.71 bits per heavy atom. The minimum Gasteiger partial charge on any atom is -0.474 e. The second kappa shape index (κ2) is 4.42. The van der Waals surface area contributed by atoms with Gasteiger partial charge in [-0.2, -0.15) is 7.05 Å². The first-order valence-corrected chi connectivity index (χ1v) is 7.25. The normalized spacial score (nSPS) is 38.5. The lowest BCUT2D eigenvalue weighted by atomic mass is 9.59. The maximum absolute atomic E-state index is 4.02. The van der Waals surface area contributed by atoms with Gasteiger partial charge in [0.1, 0.15) is 0 Å². The molecular weight excluding hydrogens is 206 g/mol. The van der Waals surface area contributed by atoms with Gasteiger partial charge in [0.25, 0.3) is 0 Å². The van der Waals surface area contributed by atoms with Gasteiger partial charge in [-0.05, 0) is 50.9 Å². The van der Waals surface area contributed by atoms with Crippen LogP contribution in [0.25, 0.3) is 0 Å². The Labute approximate surface area is 107 Å². The zero-order chi connectivity index (χ0) is 12.7. The Morgan fingerprint density at radius 2 is 2.06 bits per heavy atom. The molecule has 2 N–H and O–H groups in total. The van der Waals surface area contributed by atoms with Gasteiger partial charge in [0.15, 0.2) is 0 Å². The molecule has 0 aromatic heterocycles. The maximum Gasteiger partial charge on any atom is 0.0729 e. The van der Waals surface area contributed by atoms with Gasteiger partial charge >= 0.3 is 0 Å². The van der Waals surface area contributed by atoms with Gasteiger partial charge in [-0.3, -0.25) is 0 Å². The topological polar surface area (TPSA) is 16.6 Å². The van der Waals surface area contributed by atoms with Crippen molar-refractivity contribution in [2.75, 3.05) is 0 Å². The Bertz CT molecular complexity index is 315. The van der Waals surface area contributed by atoms with E-state index >= 15 is 0 Å². The molecule has 2 rings (SSSR count). The van der Waals surface area contributed by atoms with Gasteiger partial charge in [-0.15, -0.1) is 0 Å². The molecule has 1 saturated carbocycles. The van der Waals surface area contributed by atoms with Crippen molar-refractivity contribution in [1.82, 2.24) is 0 Å². The van der Waals surface area contributed by atoms with Crippen molar-refractivity contribution < 1.29 is 5.32 Å². The van der Waals surface area contributed by atoms with Gasteiger partial charge in [-0.25, -0.2) is 0 Å². The van der Waals surface area contributed by atoms with Crippen LogP contribution in [0, 0.1) is 24.3 Å². The minimum atomic E-state index is 0.255. The molecule has 0 bridgehead atoms. The Morgan fingerprint density at radius 1 is 1.35 bits per heavy atom. The van der Waals surface area contributed by atoms with Gasteiger partial charge in [0, 0.05) is 5.92 Å². The zero-order valence-corrected chi connectivity index (χ0v) is 12.1. The smallest absolute Gasteiger partial charge is 0.0729 e. The van der Waals surface area contributed by atoms with Gasteiger partial charge in [-0.1, -0.05) is 31.9 Å². The van der Waals surface area contributed by atoms with Crippen LogP contribution in [0.4, 0.5) is 0 Å². The second-order valence-corrected chi connectivity index (χ2v) is 7.15. The van der Waals surface area contributed by atoms with Crippen molar-refractivity contribution in [2.24, 2.45) is 17.3 Å². The van der Waals surface area contributed by atoms with Gasteiger partial charge < -0.3 is 5.32 Å².